The predicted molar refractivity (Wildman–Crippen MR) is 150 cm³/mol. The summed E-state index contributed by atoms with van der Waals surface area (Å²) >= 11 is 0. The monoisotopic (exact) mass is 530 g/mol. The van der Waals surface area contributed by atoms with E-state index >= 15 is 0 Å². The minimum absolute atomic E-state index is 0.0565. The Kier molecular flexibility index (Phi) is 8.06. The van der Waals surface area contributed by atoms with Crippen molar-refractivity contribution in [1.29, 1.82) is 0 Å². The number of primary amides is 1. The molecule has 1 saturated heterocycles. The van der Waals surface area contributed by atoms with Crippen LogP contribution in [-0.2, 0) is 13.0 Å². The van der Waals surface area contributed by atoms with Crippen molar-refractivity contribution in [3.8, 4) is 17.1 Å². The SMILES string of the molecule is CCc1c(CN2CCC[C@@H]2CO)cccc1Nc1c(C(N)=O)cnc2[nH]c(-c3ccc(OCCO)cc3)nc12. The Hall–Kier alpha value is -3.99. The lowest BCUT2D eigenvalue weighted by Crippen LogP contribution is -2.32. The zero-order valence-corrected chi connectivity index (χ0v) is 22.0. The lowest BCUT2D eigenvalue weighted by atomic mass is 10.0. The average molecular weight is 531 g/mol. The first-order valence-electron chi connectivity index (χ1n) is 13.3. The van der Waals surface area contributed by atoms with E-state index < -0.39 is 5.91 Å². The second-order valence-electron chi connectivity index (χ2n) is 9.66. The Morgan fingerprint density at radius 2 is 2.05 bits per heavy atom. The van der Waals surface area contributed by atoms with Crippen molar-refractivity contribution in [2.45, 2.75) is 38.8 Å². The number of benzene rings is 2. The van der Waals surface area contributed by atoms with Gasteiger partial charge in [-0.25, -0.2) is 9.97 Å². The summed E-state index contributed by atoms with van der Waals surface area (Å²) in [6.07, 6.45) is 4.34. The Bertz CT molecular complexity index is 1450. The second-order valence-corrected chi connectivity index (χ2v) is 9.66. The number of amides is 1. The van der Waals surface area contributed by atoms with Crippen LogP contribution in [0, 0.1) is 0 Å². The van der Waals surface area contributed by atoms with Crippen LogP contribution in [0.1, 0.15) is 41.3 Å². The fourth-order valence-electron chi connectivity index (χ4n) is 5.26. The third-order valence-electron chi connectivity index (χ3n) is 7.24. The van der Waals surface area contributed by atoms with Gasteiger partial charge in [-0.2, -0.15) is 0 Å². The first kappa shape index (κ1) is 26.6. The summed E-state index contributed by atoms with van der Waals surface area (Å²) in [5.74, 6) is 0.634. The van der Waals surface area contributed by atoms with Crippen molar-refractivity contribution in [3.63, 3.8) is 0 Å². The molecule has 204 valence electrons. The number of fused-ring (bicyclic) bond motifs is 1. The number of carbonyl (C=O) groups is 1. The molecule has 0 radical (unpaired) electrons. The molecule has 4 aromatic rings. The number of pyridine rings is 1. The van der Waals surface area contributed by atoms with Crippen molar-refractivity contribution in [1.82, 2.24) is 19.9 Å². The predicted octanol–water partition coefficient (Wildman–Crippen LogP) is 3.36. The van der Waals surface area contributed by atoms with Crippen LogP contribution in [0.2, 0.25) is 0 Å². The quantitative estimate of drug-likeness (QED) is 0.198. The molecule has 6 N–H and O–H groups in total. The number of aromatic amines is 1. The van der Waals surface area contributed by atoms with Crippen molar-refractivity contribution in [2.24, 2.45) is 5.73 Å². The van der Waals surface area contributed by atoms with Gasteiger partial charge >= 0.3 is 0 Å². The number of anilines is 2. The zero-order chi connectivity index (χ0) is 27.4. The van der Waals surface area contributed by atoms with Gasteiger partial charge in [0.05, 0.1) is 24.5 Å². The molecule has 39 heavy (non-hydrogen) atoms. The van der Waals surface area contributed by atoms with Crippen molar-refractivity contribution < 1.29 is 19.7 Å². The number of aromatic nitrogens is 3. The number of hydrogen-bond acceptors (Lipinski definition) is 8. The fourth-order valence-corrected chi connectivity index (χ4v) is 5.26. The van der Waals surface area contributed by atoms with Crippen LogP contribution in [0.25, 0.3) is 22.6 Å². The summed E-state index contributed by atoms with van der Waals surface area (Å²) in [4.78, 5) is 27.2. The Labute approximate surface area is 226 Å². The number of aliphatic hydroxyl groups excluding tert-OH is 2. The molecule has 1 aliphatic rings. The van der Waals surface area contributed by atoms with E-state index in [4.69, 9.17) is 20.6 Å². The van der Waals surface area contributed by atoms with Gasteiger partial charge in [-0.1, -0.05) is 19.1 Å². The first-order chi connectivity index (χ1) is 19.0. The number of carbonyl (C=O) groups excluding carboxylic acids is 1. The van der Waals surface area contributed by atoms with Gasteiger partial charge in [-0.15, -0.1) is 0 Å². The van der Waals surface area contributed by atoms with Crippen LogP contribution < -0.4 is 15.8 Å². The maximum absolute atomic E-state index is 12.4. The highest BCUT2D eigenvalue weighted by Gasteiger charge is 2.25. The lowest BCUT2D eigenvalue weighted by Gasteiger charge is -2.25. The Morgan fingerprint density at radius 3 is 2.77 bits per heavy atom. The molecular weight excluding hydrogens is 496 g/mol. The summed E-state index contributed by atoms with van der Waals surface area (Å²) in [5, 5.41) is 22.2. The minimum atomic E-state index is -0.598. The molecule has 5 rings (SSSR count). The number of nitrogens with two attached hydrogens (primary N) is 1. The fraction of sp³-hybridized carbons (Fsp3) is 0.345. The largest absolute Gasteiger partial charge is 0.491 e. The van der Waals surface area contributed by atoms with Gasteiger partial charge in [0.2, 0.25) is 0 Å². The smallest absolute Gasteiger partial charge is 0.252 e. The molecule has 0 aliphatic carbocycles. The van der Waals surface area contributed by atoms with Gasteiger partial charge in [0, 0.05) is 30.0 Å². The van der Waals surface area contributed by atoms with Crippen LogP contribution in [0.3, 0.4) is 0 Å². The summed E-state index contributed by atoms with van der Waals surface area (Å²) in [5.41, 5.74) is 11.5. The maximum Gasteiger partial charge on any atom is 0.252 e. The molecule has 0 unspecified atom stereocenters. The Morgan fingerprint density at radius 1 is 1.23 bits per heavy atom. The number of nitrogens with one attached hydrogen (secondary N) is 2. The summed E-state index contributed by atoms with van der Waals surface area (Å²) in [6.45, 7) is 4.15. The number of rotatable bonds is 11. The van der Waals surface area contributed by atoms with Gasteiger partial charge in [0.1, 0.15) is 23.7 Å². The summed E-state index contributed by atoms with van der Waals surface area (Å²) in [7, 11) is 0. The van der Waals surface area contributed by atoms with Gasteiger partial charge in [-0.3, -0.25) is 9.69 Å². The molecule has 10 nitrogen and oxygen atoms in total. The van der Waals surface area contributed by atoms with Crippen molar-refractivity contribution in [3.05, 3.63) is 65.4 Å². The van der Waals surface area contributed by atoms with Crippen molar-refractivity contribution in [2.75, 3.05) is 31.7 Å². The number of H-pyrrole nitrogens is 1. The van der Waals surface area contributed by atoms with Crippen LogP contribution in [0.4, 0.5) is 11.4 Å². The van der Waals surface area contributed by atoms with E-state index in [1.54, 1.807) is 12.1 Å². The number of aliphatic hydroxyl groups is 2. The highest BCUT2D eigenvalue weighted by Crippen LogP contribution is 2.33. The minimum Gasteiger partial charge on any atom is -0.491 e. The molecule has 3 heterocycles. The molecular formula is C29H34N6O4. The molecule has 1 atom stereocenters. The normalized spacial score (nSPS) is 15.6. The molecule has 1 aliphatic heterocycles. The second kappa shape index (κ2) is 11.8. The van der Waals surface area contributed by atoms with Gasteiger partial charge in [-0.05, 0) is 67.3 Å². The molecule has 0 spiro atoms. The molecule has 0 bridgehead atoms. The van der Waals surface area contributed by atoms with Crippen LogP contribution in [-0.4, -0.2) is 68.4 Å². The molecule has 0 saturated carbocycles. The molecule has 2 aromatic heterocycles. The van der Waals surface area contributed by atoms with Crippen molar-refractivity contribution >= 4 is 28.4 Å². The average Bonchev–Trinajstić information content (AvgIpc) is 3.59. The van der Waals surface area contributed by atoms with E-state index in [1.165, 1.54) is 11.8 Å². The number of imidazole rings is 1. The standard InChI is InChI=1S/C29H34N6O4/c1-2-22-19(16-35-12-4-6-20(35)17-37)5-3-7-24(22)32-25-23(27(30)38)15-31-29-26(25)33-28(34-29)18-8-10-21(11-9-18)39-14-13-36/h3,5,7-11,15,20,36-37H,2,4,6,12-14,16-17H2,1H3,(H2,30,38)(H2,31,32,33,34)/t20-/m1/s1. The highest BCUT2D eigenvalue weighted by molar-refractivity contribution is 6.06. The van der Waals surface area contributed by atoms with Gasteiger partial charge in [0.15, 0.2) is 5.65 Å². The maximum atomic E-state index is 12.4. The number of hydrogen-bond donors (Lipinski definition) is 5. The van der Waals surface area contributed by atoms with Gasteiger partial charge in [0.25, 0.3) is 5.91 Å². The molecule has 1 amide bonds. The van der Waals surface area contributed by atoms with E-state index in [2.05, 4.69) is 33.2 Å². The molecule has 2 aromatic carbocycles. The van der Waals surface area contributed by atoms with E-state index in [1.807, 2.05) is 24.3 Å². The first-order valence-corrected chi connectivity index (χ1v) is 13.3. The van der Waals surface area contributed by atoms with Crippen LogP contribution >= 0.6 is 0 Å². The zero-order valence-electron chi connectivity index (χ0n) is 22.0. The number of likely N-dealkylation sites (tertiary alicyclic amines) is 1. The summed E-state index contributed by atoms with van der Waals surface area (Å²) in [6, 6.07) is 13.6. The Balaban J connectivity index is 1.51. The third-order valence-corrected chi connectivity index (χ3v) is 7.24. The number of nitrogens with zero attached hydrogens (tertiary/aromatic N) is 3. The lowest BCUT2D eigenvalue weighted by molar-refractivity contribution is 0.100. The van der Waals surface area contributed by atoms with Gasteiger partial charge < -0.3 is 31.0 Å². The van der Waals surface area contributed by atoms with E-state index in [9.17, 15) is 9.90 Å². The molecule has 1 fully saturated rings. The van der Waals surface area contributed by atoms with E-state index in [0.29, 0.717) is 28.4 Å². The van der Waals surface area contributed by atoms with Crippen LogP contribution in [0.15, 0.2) is 48.7 Å². The van der Waals surface area contributed by atoms with Crippen LogP contribution in [0.5, 0.6) is 5.75 Å². The number of ether oxygens (including phenoxy) is 1. The van der Waals surface area contributed by atoms with E-state index in [-0.39, 0.29) is 31.4 Å². The molecule has 10 heteroatoms. The summed E-state index contributed by atoms with van der Waals surface area (Å²) < 4.78 is 5.45. The topological polar surface area (TPSA) is 150 Å². The highest BCUT2D eigenvalue weighted by atomic mass is 16.5. The van der Waals surface area contributed by atoms with E-state index in [0.717, 1.165) is 49.2 Å². The third kappa shape index (κ3) is 5.58.